The van der Waals surface area contributed by atoms with Crippen LogP contribution in [0.5, 0.6) is 0 Å². The van der Waals surface area contributed by atoms with Crippen molar-refractivity contribution in [2.45, 2.75) is 59.7 Å². The van der Waals surface area contributed by atoms with E-state index < -0.39 is 6.29 Å². The van der Waals surface area contributed by atoms with Crippen molar-refractivity contribution in [2.75, 3.05) is 19.8 Å². The standard InChI is InChI=1S/C19H33NO4/c1-5-23-18-14(7-6-10-21)15(19(2,3)4)11-16(24-18)17(22)20-12-13-8-9-13/h11,13-15,18,21H,5-10,12H2,1-4H3,(H,20,22)/t14-,15-,18+/m0/s1. The van der Waals surface area contributed by atoms with Crippen molar-refractivity contribution in [1.82, 2.24) is 5.32 Å². The lowest BCUT2D eigenvalue weighted by Gasteiger charge is -2.42. The quantitative estimate of drug-likeness (QED) is 0.713. The van der Waals surface area contributed by atoms with E-state index in [1.165, 1.54) is 12.8 Å². The van der Waals surface area contributed by atoms with Gasteiger partial charge in [0.15, 0.2) is 5.76 Å². The molecule has 0 spiro atoms. The lowest BCUT2D eigenvalue weighted by molar-refractivity contribution is -0.179. The topological polar surface area (TPSA) is 67.8 Å². The molecule has 2 aliphatic rings. The fourth-order valence-corrected chi connectivity index (χ4v) is 3.34. The number of rotatable bonds is 8. The molecule has 2 N–H and O–H groups in total. The summed E-state index contributed by atoms with van der Waals surface area (Å²) in [5.74, 6) is 1.18. The Balaban J connectivity index is 2.16. The predicted molar refractivity (Wildman–Crippen MR) is 93.1 cm³/mol. The van der Waals surface area contributed by atoms with Crippen LogP contribution in [0.1, 0.15) is 53.4 Å². The fourth-order valence-electron chi connectivity index (χ4n) is 3.34. The molecule has 0 unspecified atom stereocenters. The Hall–Kier alpha value is -1.07. The van der Waals surface area contributed by atoms with Crippen LogP contribution in [-0.4, -0.2) is 37.1 Å². The second-order valence-corrected chi connectivity index (χ2v) is 8.05. The van der Waals surface area contributed by atoms with Crippen molar-refractivity contribution in [3.05, 3.63) is 11.8 Å². The van der Waals surface area contributed by atoms with Gasteiger partial charge in [0.1, 0.15) is 0 Å². The van der Waals surface area contributed by atoms with E-state index >= 15 is 0 Å². The first kappa shape index (κ1) is 19.3. The van der Waals surface area contributed by atoms with Gasteiger partial charge in [0, 0.05) is 25.7 Å². The Morgan fingerprint density at radius 1 is 1.42 bits per heavy atom. The summed E-state index contributed by atoms with van der Waals surface area (Å²) in [5, 5.41) is 12.2. The van der Waals surface area contributed by atoms with E-state index in [1.807, 2.05) is 13.0 Å². The van der Waals surface area contributed by atoms with Gasteiger partial charge in [-0.25, -0.2) is 0 Å². The molecule has 1 aliphatic heterocycles. The smallest absolute Gasteiger partial charge is 0.286 e. The number of carbonyl (C=O) groups excluding carboxylic acids is 1. The number of aliphatic hydroxyl groups is 1. The summed E-state index contributed by atoms with van der Waals surface area (Å²) in [7, 11) is 0. The molecule has 0 radical (unpaired) electrons. The van der Waals surface area contributed by atoms with Gasteiger partial charge >= 0.3 is 0 Å². The number of allylic oxidation sites excluding steroid dienone is 1. The third-order valence-electron chi connectivity index (χ3n) is 4.88. The lowest BCUT2D eigenvalue weighted by atomic mass is 9.70. The minimum atomic E-state index is -0.433. The number of hydrogen-bond donors (Lipinski definition) is 2. The number of hydrogen-bond acceptors (Lipinski definition) is 4. The Labute approximate surface area is 145 Å². The Morgan fingerprint density at radius 3 is 2.67 bits per heavy atom. The van der Waals surface area contributed by atoms with Gasteiger partial charge in [0.2, 0.25) is 6.29 Å². The maximum atomic E-state index is 12.5. The monoisotopic (exact) mass is 339 g/mol. The number of aliphatic hydroxyl groups excluding tert-OH is 1. The molecule has 1 fully saturated rings. The number of amides is 1. The van der Waals surface area contributed by atoms with E-state index in [4.69, 9.17) is 9.47 Å². The molecule has 0 saturated heterocycles. The van der Waals surface area contributed by atoms with Crippen LogP contribution in [0.2, 0.25) is 0 Å². The Morgan fingerprint density at radius 2 is 2.12 bits per heavy atom. The van der Waals surface area contributed by atoms with Gasteiger partial charge in [-0.3, -0.25) is 4.79 Å². The van der Waals surface area contributed by atoms with Gasteiger partial charge in [-0.15, -0.1) is 0 Å². The fraction of sp³-hybridized carbons (Fsp3) is 0.842. The molecule has 5 heteroatoms. The second kappa shape index (κ2) is 8.34. The van der Waals surface area contributed by atoms with Gasteiger partial charge in [-0.05, 0) is 55.9 Å². The van der Waals surface area contributed by atoms with Gasteiger partial charge in [0.25, 0.3) is 5.91 Å². The van der Waals surface area contributed by atoms with Gasteiger partial charge in [0.05, 0.1) is 0 Å². The molecule has 1 heterocycles. The molecule has 0 bridgehead atoms. The van der Waals surface area contributed by atoms with Crippen LogP contribution < -0.4 is 5.32 Å². The zero-order valence-electron chi connectivity index (χ0n) is 15.5. The highest BCUT2D eigenvalue weighted by atomic mass is 16.7. The van der Waals surface area contributed by atoms with Crippen molar-refractivity contribution in [1.29, 1.82) is 0 Å². The predicted octanol–water partition coefficient (Wildman–Crippen LogP) is 2.84. The Bertz CT molecular complexity index is 451. The molecule has 138 valence electrons. The molecule has 0 aromatic rings. The van der Waals surface area contributed by atoms with E-state index in [2.05, 4.69) is 26.1 Å². The summed E-state index contributed by atoms with van der Waals surface area (Å²) in [4.78, 5) is 12.5. The SMILES string of the molecule is CCO[C@@H]1OC(C(=O)NCC2CC2)=C[C@H](C(C)(C)C)[C@@H]1CCCO. The molecule has 0 aromatic carbocycles. The van der Waals surface area contributed by atoms with Gasteiger partial charge < -0.3 is 19.9 Å². The molecule has 1 amide bonds. The first-order valence-corrected chi connectivity index (χ1v) is 9.26. The maximum absolute atomic E-state index is 12.5. The third-order valence-corrected chi connectivity index (χ3v) is 4.88. The molecular weight excluding hydrogens is 306 g/mol. The summed E-state index contributed by atoms with van der Waals surface area (Å²) < 4.78 is 11.7. The van der Waals surface area contributed by atoms with E-state index in [0.717, 1.165) is 13.0 Å². The summed E-state index contributed by atoms with van der Waals surface area (Å²) in [6.45, 7) is 9.88. The summed E-state index contributed by atoms with van der Waals surface area (Å²) in [6, 6.07) is 0. The van der Waals surface area contributed by atoms with Crippen molar-refractivity contribution < 1.29 is 19.4 Å². The first-order chi connectivity index (χ1) is 11.4. The average Bonchev–Trinajstić information content (AvgIpc) is 3.34. The lowest BCUT2D eigenvalue weighted by Crippen LogP contribution is -2.43. The molecule has 0 aromatic heterocycles. The zero-order chi connectivity index (χ0) is 17.7. The van der Waals surface area contributed by atoms with Gasteiger partial charge in [-0.1, -0.05) is 20.8 Å². The molecule has 1 aliphatic carbocycles. The van der Waals surface area contributed by atoms with Crippen LogP contribution in [-0.2, 0) is 14.3 Å². The van der Waals surface area contributed by atoms with E-state index in [1.54, 1.807) is 0 Å². The van der Waals surface area contributed by atoms with Crippen molar-refractivity contribution >= 4 is 5.91 Å². The van der Waals surface area contributed by atoms with Crippen LogP contribution >= 0.6 is 0 Å². The van der Waals surface area contributed by atoms with E-state index in [0.29, 0.717) is 24.7 Å². The number of ether oxygens (including phenoxy) is 2. The van der Waals surface area contributed by atoms with E-state index in [9.17, 15) is 9.90 Å². The highest BCUT2D eigenvalue weighted by Crippen LogP contribution is 2.42. The minimum Gasteiger partial charge on any atom is -0.459 e. The Kier molecular flexibility index (Phi) is 6.70. The largest absolute Gasteiger partial charge is 0.459 e. The molecule has 2 rings (SSSR count). The number of carbonyl (C=O) groups is 1. The van der Waals surface area contributed by atoms with Crippen LogP contribution in [0, 0.1) is 23.2 Å². The molecule has 3 atom stereocenters. The molecule has 24 heavy (non-hydrogen) atoms. The summed E-state index contributed by atoms with van der Waals surface area (Å²) >= 11 is 0. The van der Waals surface area contributed by atoms with Crippen LogP contribution in [0.25, 0.3) is 0 Å². The second-order valence-electron chi connectivity index (χ2n) is 8.05. The highest BCUT2D eigenvalue weighted by molar-refractivity contribution is 5.91. The van der Waals surface area contributed by atoms with Crippen molar-refractivity contribution in [3.8, 4) is 0 Å². The summed E-state index contributed by atoms with van der Waals surface area (Å²) in [6.07, 6.45) is 5.47. The maximum Gasteiger partial charge on any atom is 0.286 e. The summed E-state index contributed by atoms with van der Waals surface area (Å²) in [5.41, 5.74) is -0.0126. The minimum absolute atomic E-state index is 0.0126. The molecule has 1 saturated carbocycles. The zero-order valence-corrected chi connectivity index (χ0v) is 15.5. The van der Waals surface area contributed by atoms with Crippen LogP contribution in [0.15, 0.2) is 11.8 Å². The number of nitrogens with one attached hydrogen (secondary N) is 1. The molecule has 5 nitrogen and oxygen atoms in total. The van der Waals surface area contributed by atoms with Crippen LogP contribution in [0.4, 0.5) is 0 Å². The van der Waals surface area contributed by atoms with E-state index in [-0.39, 0.29) is 29.8 Å². The van der Waals surface area contributed by atoms with Gasteiger partial charge in [-0.2, -0.15) is 0 Å². The molecular formula is C19H33NO4. The third kappa shape index (κ3) is 5.21. The van der Waals surface area contributed by atoms with Crippen molar-refractivity contribution in [2.24, 2.45) is 23.2 Å². The van der Waals surface area contributed by atoms with Crippen LogP contribution in [0.3, 0.4) is 0 Å². The first-order valence-electron chi connectivity index (χ1n) is 9.26. The normalized spacial score (nSPS) is 27.4. The average molecular weight is 339 g/mol. The van der Waals surface area contributed by atoms with Crippen molar-refractivity contribution in [3.63, 3.8) is 0 Å². The highest BCUT2D eigenvalue weighted by Gasteiger charge is 2.42.